The number of primary amides is 1. The molecule has 3 N–H and O–H groups in total. The minimum atomic E-state index is -1.07. The molecule has 0 aliphatic heterocycles. The van der Waals surface area contributed by atoms with Crippen molar-refractivity contribution < 1.29 is 52.5 Å². The summed E-state index contributed by atoms with van der Waals surface area (Å²) in [7, 11) is 0. The van der Waals surface area contributed by atoms with E-state index in [2.05, 4.69) is 5.32 Å². The van der Waals surface area contributed by atoms with Crippen LogP contribution < -0.4 is 16.0 Å². The summed E-state index contributed by atoms with van der Waals surface area (Å²) in [5.41, 5.74) is 5.67. The Hall–Kier alpha value is -2.30. The van der Waals surface area contributed by atoms with Gasteiger partial charge in [-0.1, -0.05) is 0 Å². The summed E-state index contributed by atoms with van der Waals surface area (Å²) in [6, 6.07) is 0. The van der Waals surface area contributed by atoms with E-state index in [1.54, 1.807) is 22.6 Å². The Morgan fingerprint density at radius 2 is 1.27 bits per heavy atom. The average molecular weight is 901 g/mol. The Balaban J connectivity index is 3.53. The normalized spacial score (nSPS) is 11.9. The summed E-state index contributed by atoms with van der Waals surface area (Å²) in [5, 5.41) is 2.57. The van der Waals surface area contributed by atoms with Crippen LogP contribution in [0.3, 0.4) is 0 Å². The van der Waals surface area contributed by atoms with Gasteiger partial charge in [-0.25, -0.2) is 0 Å². The van der Waals surface area contributed by atoms with Crippen molar-refractivity contribution in [3.63, 3.8) is 0 Å². The second-order valence-electron chi connectivity index (χ2n) is 7.94. The maximum Gasteiger partial charge on any atom is 0.303 e. The zero-order valence-corrected chi connectivity index (χ0v) is 28.2. The fraction of sp³-hybridized carbons (Fsp3) is 0.435. The van der Waals surface area contributed by atoms with Crippen LogP contribution in [-0.4, -0.2) is 80.6 Å². The van der Waals surface area contributed by atoms with Crippen molar-refractivity contribution in [2.45, 2.75) is 39.9 Å². The van der Waals surface area contributed by atoms with Crippen LogP contribution in [0.2, 0.25) is 0 Å². The first kappa shape index (κ1) is 35.7. The summed E-state index contributed by atoms with van der Waals surface area (Å²) in [4.78, 5) is 84.6. The fourth-order valence-corrected chi connectivity index (χ4v) is 7.98. The summed E-state index contributed by atoms with van der Waals surface area (Å²) >= 11 is 5.41. The van der Waals surface area contributed by atoms with Crippen molar-refractivity contribution in [2.75, 3.05) is 31.2 Å². The van der Waals surface area contributed by atoms with Gasteiger partial charge in [0.25, 0.3) is 11.8 Å². The molecule has 14 nitrogen and oxygen atoms in total. The summed E-state index contributed by atoms with van der Waals surface area (Å²) in [6.45, 7) is 3.41. The molecule has 40 heavy (non-hydrogen) atoms. The molecular weight excluding hydrogens is 875 g/mol. The van der Waals surface area contributed by atoms with E-state index in [-0.39, 0.29) is 53.8 Å². The molecule has 3 amide bonds. The molecule has 1 rings (SSSR count). The monoisotopic (exact) mass is 901 g/mol. The largest absolute Gasteiger partial charge is 0.462 e. The van der Waals surface area contributed by atoms with E-state index in [0.29, 0.717) is 6.41 Å². The second-order valence-corrected chi connectivity index (χ2v) is 11.2. The molecule has 0 saturated heterocycles. The number of anilines is 1. The predicted octanol–water partition coefficient (Wildman–Crippen LogP) is 1.28. The first-order chi connectivity index (χ1) is 18.6. The maximum atomic E-state index is 13.4. The Morgan fingerprint density at radius 3 is 1.73 bits per heavy atom. The molecule has 0 aromatic heterocycles. The first-order valence-electron chi connectivity index (χ1n) is 11.2. The van der Waals surface area contributed by atoms with Crippen molar-refractivity contribution in [3.8, 4) is 0 Å². The van der Waals surface area contributed by atoms with Gasteiger partial charge in [0, 0.05) is 31.3 Å². The smallest absolute Gasteiger partial charge is 0.303 e. The van der Waals surface area contributed by atoms with Crippen molar-refractivity contribution in [1.29, 1.82) is 0 Å². The standard InChI is InChI=1S/C23H26I3N3O11/c1-10(31)37-7-14(39-12(3)33)5-28-23(36)17-18(24)16(22(27)35)19(25)21(20(17)26)29(9-30)6-15(40-13(4)34)8-38-11(2)32/h9,14-15H,5-8H2,1-4H3,(H2,27,35)(H,28,36). The van der Waals surface area contributed by atoms with Gasteiger partial charge in [-0.15, -0.1) is 0 Å². The average Bonchev–Trinajstić information content (AvgIpc) is 2.82. The van der Waals surface area contributed by atoms with Gasteiger partial charge in [0.05, 0.1) is 37.0 Å². The molecule has 0 heterocycles. The number of nitrogens with one attached hydrogen (secondary N) is 1. The minimum Gasteiger partial charge on any atom is -0.462 e. The number of esters is 4. The van der Waals surface area contributed by atoms with E-state index >= 15 is 0 Å². The molecular formula is C23H26I3N3O11. The molecule has 0 saturated carbocycles. The zero-order chi connectivity index (χ0) is 30.7. The van der Waals surface area contributed by atoms with E-state index in [1.807, 2.05) is 45.2 Å². The highest BCUT2D eigenvalue weighted by Gasteiger charge is 2.31. The molecule has 17 heteroatoms. The van der Waals surface area contributed by atoms with Gasteiger partial charge in [0.15, 0.2) is 12.2 Å². The highest BCUT2D eigenvalue weighted by Crippen LogP contribution is 2.37. The lowest BCUT2D eigenvalue weighted by atomic mass is 10.1. The molecule has 0 spiro atoms. The highest BCUT2D eigenvalue weighted by atomic mass is 127. The van der Waals surface area contributed by atoms with Crippen molar-refractivity contribution in [1.82, 2.24) is 5.32 Å². The number of nitrogens with two attached hydrogens (primary N) is 1. The summed E-state index contributed by atoms with van der Waals surface area (Å²) in [5.74, 6) is -4.20. The number of rotatable bonds is 14. The third-order valence-electron chi connectivity index (χ3n) is 4.68. The van der Waals surface area contributed by atoms with E-state index in [4.69, 9.17) is 24.7 Å². The third kappa shape index (κ3) is 10.9. The van der Waals surface area contributed by atoms with Crippen molar-refractivity contribution >= 4 is 116 Å². The molecule has 0 fully saturated rings. The minimum absolute atomic E-state index is 0.0182. The Kier molecular flexibility index (Phi) is 15.0. The van der Waals surface area contributed by atoms with Gasteiger partial charge in [0.2, 0.25) is 6.41 Å². The van der Waals surface area contributed by atoms with Gasteiger partial charge in [0.1, 0.15) is 13.2 Å². The number of ether oxygens (including phenoxy) is 4. The number of carbonyl (C=O) groups excluding carboxylic acids is 7. The number of hydrogen-bond donors (Lipinski definition) is 2. The first-order valence-corrected chi connectivity index (χ1v) is 14.5. The maximum absolute atomic E-state index is 13.4. The van der Waals surface area contributed by atoms with Crippen LogP contribution in [-0.2, 0) is 42.9 Å². The number of benzene rings is 1. The molecule has 0 bridgehead atoms. The van der Waals surface area contributed by atoms with Crippen LogP contribution in [0.25, 0.3) is 0 Å². The molecule has 0 aliphatic carbocycles. The van der Waals surface area contributed by atoms with E-state index in [9.17, 15) is 33.6 Å². The van der Waals surface area contributed by atoms with Crippen LogP contribution in [0.5, 0.6) is 0 Å². The van der Waals surface area contributed by atoms with Crippen LogP contribution in [0, 0.1) is 10.7 Å². The zero-order valence-electron chi connectivity index (χ0n) is 21.7. The van der Waals surface area contributed by atoms with E-state index in [1.165, 1.54) is 6.92 Å². The Labute approximate surface area is 270 Å². The van der Waals surface area contributed by atoms with Gasteiger partial charge >= 0.3 is 23.9 Å². The third-order valence-corrected chi connectivity index (χ3v) is 7.86. The Morgan fingerprint density at radius 1 is 0.800 bits per heavy atom. The summed E-state index contributed by atoms with van der Waals surface area (Å²) < 4.78 is 20.7. The lowest BCUT2D eigenvalue weighted by Crippen LogP contribution is -2.40. The Bertz CT molecular complexity index is 1190. The molecule has 0 radical (unpaired) electrons. The van der Waals surface area contributed by atoms with Crippen molar-refractivity contribution in [2.24, 2.45) is 5.73 Å². The molecule has 220 valence electrons. The molecule has 1 aromatic carbocycles. The number of amides is 3. The van der Waals surface area contributed by atoms with E-state index in [0.717, 1.165) is 25.7 Å². The van der Waals surface area contributed by atoms with Gasteiger partial charge < -0.3 is 34.9 Å². The van der Waals surface area contributed by atoms with E-state index < -0.39 is 47.9 Å². The van der Waals surface area contributed by atoms with Crippen LogP contribution in [0.1, 0.15) is 48.4 Å². The number of halogens is 3. The van der Waals surface area contributed by atoms with Gasteiger partial charge in [-0.2, -0.15) is 0 Å². The molecule has 2 atom stereocenters. The topological polar surface area (TPSA) is 198 Å². The lowest BCUT2D eigenvalue weighted by molar-refractivity contribution is -0.155. The SMILES string of the molecule is CC(=O)OCC(CNC(=O)c1c(I)c(C(N)=O)c(I)c(N(C=O)CC(COC(C)=O)OC(C)=O)c1I)OC(C)=O. The molecule has 0 aliphatic rings. The predicted molar refractivity (Wildman–Crippen MR) is 163 cm³/mol. The number of nitrogens with zero attached hydrogens (tertiary/aromatic N) is 1. The lowest BCUT2D eigenvalue weighted by Gasteiger charge is -2.28. The quantitative estimate of drug-likeness (QED) is 0.118. The van der Waals surface area contributed by atoms with Crippen LogP contribution >= 0.6 is 67.8 Å². The molecule has 2 unspecified atom stereocenters. The van der Waals surface area contributed by atoms with Gasteiger partial charge in [-0.05, 0) is 67.8 Å². The van der Waals surface area contributed by atoms with Gasteiger partial charge in [-0.3, -0.25) is 33.6 Å². The van der Waals surface area contributed by atoms with Crippen molar-refractivity contribution in [3.05, 3.63) is 21.8 Å². The number of carbonyl (C=O) groups is 7. The molecule has 1 aromatic rings. The number of hydrogen-bond acceptors (Lipinski definition) is 11. The fourth-order valence-electron chi connectivity index (χ4n) is 3.17. The van der Waals surface area contributed by atoms with Crippen LogP contribution in [0.4, 0.5) is 5.69 Å². The highest BCUT2D eigenvalue weighted by molar-refractivity contribution is 14.1. The van der Waals surface area contributed by atoms with Crippen LogP contribution in [0.15, 0.2) is 0 Å². The second kappa shape index (κ2) is 16.8. The summed E-state index contributed by atoms with van der Waals surface area (Å²) in [6.07, 6.45) is -1.67.